The van der Waals surface area contributed by atoms with Gasteiger partial charge >= 0.3 is 0 Å². The Balaban J connectivity index is 2.13. The van der Waals surface area contributed by atoms with Gasteiger partial charge in [0.2, 0.25) is 10.0 Å². The number of halogens is 2. The van der Waals surface area contributed by atoms with Gasteiger partial charge in [-0.2, -0.15) is 0 Å². The molecule has 0 aliphatic heterocycles. The number of hydrogen-bond donors (Lipinski definition) is 1. The first-order valence-corrected chi connectivity index (χ1v) is 8.27. The van der Waals surface area contributed by atoms with Crippen molar-refractivity contribution in [2.24, 2.45) is 0 Å². The maximum absolute atomic E-state index is 12.0. The topological polar surface area (TPSA) is 46.2 Å². The van der Waals surface area contributed by atoms with Gasteiger partial charge in [0.1, 0.15) is 0 Å². The minimum absolute atomic E-state index is 0.0766. The van der Waals surface area contributed by atoms with E-state index < -0.39 is 10.0 Å². The highest BCUT2D eigenvalue weighted by molar-refractivity contribution is 9.10. The first kappa shape index (κ1) is 14.4. The van der Waals surface area contributed by atoms with Gasteiger partial charge < -0.3 is 0 Å². The first-order valence-electron chi connectivity index (χ1n) is 5.45. The fraction of sp³-hybridized carbons (Fsp3) is 0.0769. The minimum Gasteiger partial charge on any atom is -0.283 e. The van der Waals surface area contributed by atoms with Crippen molar-refractivity contribution < 1.29 is 8.42 Å². The number of rotatable bonds is 4. The molecule has 1 N–H and O–H groups in total. The van der Waals surface area contributed by atoms with Crippen molar-refractivity contribution in [2.75, 3.05) is 4.72 Å². The molecule has 0 aromatic heterocycles. The number of benzene rings is 2. The average molecular weight is 361 g/mol. The van der Waals surface area contributed by atoms with Crippen LogP contribution in [-0.4, -0.2) is 8.42 Å². The summed E-state index contributed by atoms with van der Waals surface area (Å²) in [5.74, 6) is -0.0766. The Hall–Kier alpha value is -1.04. The van der Waals surface area contributed by atoms with E-state index in [1.54, 1.807) is 36.4 Å². The summed E-state index contributed by atoms with van der Waals surface area (Å²) in [4.78, 5) is 0. The van der Waals surface area contributed by atoms with E-state index in [0.29, 0.717) is 10.7 Å². The fourth-order valence-corrected chi connectivity index (χ4v) is 3.21. The highest BCUT2D eigenvalue weighted by Crippen LogP contribution is 2.18. The largest absolute Gasteiger partial charge is 0.283 e. The van der Waals surface area contributed by atoms with Crippen LogP contribution in [0.2, 0.25) is 5.02 Å². The van der Waals surface area contributed by atoms with Gasteiger partial charge in [-0.3, -0.25) is 4.72 Å². The van der Waals surface area contributed by atoms with Crippen LogP contribution < -0.4 is 4.72 Å². The third-order valence-electron chi connectivity index (χ3n) is 2.37. The predicted molar refractivity (Wildman–Crippen MR) is 81.8 cm³/mol. The van der Waals surface area contributed by atoms with E-state index in [9.17, 15) is 8.42 Å². The molecule has 0 aliphatic rings. The summed E-state index contributed by atoms with van der Waals surface area (Å²) in [5, 5.41) is 0.490. The van der Waals surface area contributed by atoms with Gasteiger partial charge in [0, 0.05) is 15.2 Å². The number of sulfonamides is 1. The van der Waals surface area contributed by atoms with Crippen molar-refractivity contribution in [3.63, 3.8) is 0 Å². The zero-order valence-electron chi connectivity index (χ0n) is 9.81. The van der Waals surface area contributed by atoms with Crippen LogP contribution in [0.25, 0.3) is 0 Å². The first-order chi connectivity index (χ1) is 8.94. The SMILES string of the molecule is O=S(=O)(Cc1ccc(Br)cc1)Nc1cccc(Cl)c1. The van der Waals surface area contributed by atoms with Crippen molar-refractivity contribution in [3.05, 3.63) is 63.6 Å². The minimum atomic E-state index is -3.44. The second-order valence-corrected chi connectivity index (χ2v) is 7.07. The monoisotopic (exact) mass is 359 g/mol. The molecule has 0 unspecified atom stereocenters. The number of hydrogen-bond acceptors (Lipinski definition) is 2. The summed E-state index contributed by atoms with van der Waals surface area (Å²) in [7, 11) is -3.44. The molecule has 0 atom stereocenters. The third-order valence-corrected chi connectivity index (χ3v) is 4.39. The quantitative estimate of drug-likeness (QED) is 0.894. The van der Waals surface area contributed by atoms with Crippen molar-refractivity contribution in [2.45, 2.75) is 5.75 Å². The van der Waals surface area contributed by atoms with Gasteiger partial charge in [0.15, 0.2) is 0 Å². The molecule has 0 aliphatic carbocycles. The predicted octanol–water partition coefficient (Wildman–Crippen LogP) is 4.04. The van der Waals surface area contributed by atoms with Crippen LogP contribution in [0.1, 0.15) is 5.56 Å². The van der Waals surface area contributed by atoms with Gasteiger partial charge in [-0.1, -0.05) is 45.7 Å². The molecule has 0 saturated heterocycles. The molecule has 0 spiro atoms. The molecule has 0 heterocycles. The molecule has 0 amide bonds. The molecule has 3 nitrogen and oxygen atoms in total. The zero-order valence-corrected chi connectivity index (χ0v) is 13.0. The highest BCUT2D eigenvalue weighted by atomic mass is 79.9. The van der Waals surface area contributed by atoms with Crippen LogP contribution >= 0.6 is 27.5 Å². The standard InChI is InChI=1S/C13H11BrClNO2S/c14-11-6-4-10(5-7-11)9-19(17,18)16-13-3-1-2-12(15)8-13/h1-8,16H,9H2. The van der Waals surface area contributed by atoms with Crippen LogP contribution in [0.3, 0.4) is 0 Å². The number of nitrogens with one attached hydrogen (secondary N) is 1. The van der Waals surface area contributed by atoms with E-state index in [2.05, 4.69) is 20.7 Å². The summed E-state index contributed by atoms with van der Waals surface area (Å²) >= 11 is 9.12. The van der Waals surface area contributed by atoms with Crippen molar-refractivity contribution >= 4 is 43.2 Å². The Morgan fingerprint density at radius 3 is 2.42 bits per heavy atom. The average Bonchev–Trinajstić information content (AvgIpc) is 2.31. The van der Waals surface area contributed by atoms with Crippen LogP contribution in [0.4, 0.5) is 5.69 Å². The number of anilines is 1. The van der Waals surface area contributed by atoms with Crippen LogP contribution in [-0.2, 0) is 15.8 Å². The van der Waals surface area contributed by atoms with Crippen LogP contribution in [0.15, 0.2) is 53.0 Å². The summed E-state index contributed by atoms with van der Waals surface area (Å²) in [6, 6.07) is 13.8. The maximum Gasteiger partial charge on any atom is 0.236 e. The zero-order chi connectivity index (χ0) is 13.9. The second-order valence-electron chi connectivity index (χ2n) is 4.00. The van der Waals surface area contributed by atoms with Crippen LogP contribution in [0.5, 0.6) is 0 Å². The molecule has 19 heavy (non-hydrogen) atoms. The molecule has 0 saturated carbocycles. The lowest BCUT2D eigenvalue weighted by Crippen LogP contribution is -2.14. The lowest BCUT2D eigenvalue weighted by Gasteiger charge is -2.08. The third kappa shape index (κ3) is 4.53. The molecule has 100 valence electrons. The van der Waals surface area contributed by atoms with Crippen LogP contribution in [0, 0.1) is 0 Å². The van der Waals surface area contributed by atoms with Crippen molar-refractivity contribution in [1.82, 2.24) is 0 Å². The van der Waals surface area contributed by atoms with E-state index >= 15 is 0 Å². The van der Waals surface area contributed by atoms with Gasteiger partial charge in [0.25, 0.3) is 0 Å². The molecule has 0 fully saturated rings. The van der Waals surface area contributed by atoms with Gasteiger partial charge in [-0.25, -0.2) is 8.42 Å². The lowest BCUT2D eigenvalue weighted by atomic mass is 10.2. The summed E-state index contributed by atoms with van der Waals surface area (Å²) in [6.07, 6.45) is 0. The molecule has 0 radical (unpaired) electrons. The van der Waals surface area contributed by atoms with Gasteiger partial charge in [0.05, 0.1) is 5.75 Å². The van der Waals surface area contributed by atoms with Crippen molar-refractivity contribution in [3.8, 4) is 0 Å². The second kappa shape index (κ2) is 5.94. The Labute approximate surface area is 125 Å². The molecule has 2 aromatic rings. The lowest BCUT2D eigenvalue weighted by molar-refractivity contribution is 0.600. The Morgan fingerprint density at radius 2 is 1.79 bits per heavy atom. The van der Waals surface area contributed by atoms with Gasteiger partial charge in [-0.05, 0) is 35.9 Å². The summed E-state index contributed by atoms with van der Waals surface area (Å²) < 4.78 is 27.4. The molecule has 0 bridgehead atoms. The highest BCUT2D eigenvalue weighted by Gasteiger charge is 2.11. The van der Waals surface area contributed by atoms with Crippen molar-refractivity contribution in [1.29, 1.82) is 0 Å². The Kier molecular flexibility index (Phi) is 4.50. The summed E-state index contributed by atoms with van der Waals surface area (Å²) in [6.45, 7) is 0. The van der Waals surface area contributed by atoms with E-state index in [1.165, 1.54) is 0 Å². The molecule has 2 aromatic carbocycles. The molecular formula is C13H11BrClNO2S. The van der Waals surface area contributed by atoms with E-state index in [1.807, 2.05) is 12.1 Å². The Morgan fingerprint density at radius 1 is 1.11 bits per heavy atom. The maximum atomic E-state index is 12.0. The molecular weight excluding hydrogens is 350 g/mol. The fourth-order valence-electron chi connectivity index (χ4n) is 1.57. The van der Waals surface area contributed by atoms with E-state index in [0.717, 1.165) is 10.0 Å². The normalized spacial score (nSPS) is 11.3. The van der Waals surface area contributed by atoms with E-state index in [-0.39, 0.29) is 5.75 Å². The molecule has 6 heteroatoms. The smallest absolute Gasteiger partial charge is 0.236 e. The summed E-state index contributed by atoms with van der Waals surface area (Å²) in [5.41, 5.74) is 1.18. The van der Waals surface area contributed by atoms with Gasteiger partial charge in [-0.15, -0.1) is 0 Å². The Bertz CT molecular complexity index is 671. The van der Waals surface area contributed by atoms with E-state index in [4.69, 9.17) is 11.6 Å². The molecule has 2 rings (SSSR count).